The maximum Gasteiger partial charge on any atom is 0.220 e. The molecule has 14 heteroatoms. The second kappa shape index (κ2) is 40.5. The Kier molecular flexibility index (Phi) is 37.0. The lowest BCUT2D eigenvalue weighted by atomic mass is 9.97. The fourth-order valence-corrected chi connectivity index (χ4v) is 8.58. The monoisotopic (exact) mass is 968 g/mol. The molecule has 0 radical (unpaired) electrons. The van der Waals surface area contributed by atoms with E-state index in [1.807, 2.05) is 6.08 Å². The molecule has 12 unspecified atom stereocenters. The highest BCUT2D eigenvalue weighted by molar-refractivity contribution is 5.76. The summed E-state index contributed by atoms with van der Waals surface area (Å²) in [7, 11) is 0. The van der Waals surface area contributed by atoms with Gasteiger partial charge in [0.2, 0.25) is 5.91 Å². The lowest BCUT2D eigenvalue weighted by Gasteiger charge is -2.46. The standard InChI is InChI=1S/C54H97NO13/c1-3-5-7-9-11-13-15-17-18-19-20-21-22-23-24-26-27-29-31-33-35-37-43(58)42(55-46(59)38-36-34-32-30-28-25-16-14-12-10-8-6-4-2)41-65-53-51(64)49(62)52(45(40-57)67-53)68-54-50(63)48(61)47(60)44(39-56)66-54/h8,10,14,16,27,29,35,37,42-45,47-54,56-58,60-64H,3-7,9,11-13,15,17-26,28,30-34,36,38-41H2,1-2H3,(H,55,59)/b10-8-,16-14-,29-27+,37-35+. The molecule has 0 aromatic rings. The van der Waals surface area contributed by atoms with Crippen LogP contribution in [0.25, 0.3) is 0 Å². The molecule has 0 spiro atoms. The molecule has 2 saturated heterocycles. The zero-order valence-electron chi connectivity index (χ0n) is 42.1. The first kappa shape index (κ1) is 62.1. The van der Waals surface area contributed by atoms with Gasteiger partial charge in [-0.05, 0) is 57.8 Å². The Morgan fingerprint density at radius 3 is 1.59 bits per heavy atom. The van der Waals surface area contributed by atoms with Gasteiger partial charge < -0.3 is 65.1 Å². The SMILES string of the molecule is CCC/C=C\C/C=C\CCCCCCCC(=O)NC(COC1OC(CO)C(OC2OC(CO)C(O)C(O)C2O)C(O)C1O)C(O)/C=C/CC/C=C/CCCCCCCCCCCCCCCCC. The highest BCUT2D eigenvalue weighted by Gasteiger charge is 2.51. The van der Waals surface area contributed by atoms with Crippen LogP contribution in [0.1, 0.15) is 194 Å². The van der Waals surface area contributed by atoms with Gasteiger partial charge in [0.05, 0.1) is 32.0 Å². The minimum atomic E-state index is -1.79. The average Bonchev–Trinajstić information content (AvgIpc) is 3.34. The van der Waals surface area contributed by atoms with Crippen molar-refractivity contribution in [3.8, 4) is 0 Å². The Labute approximate surface area is 410 Å². The molecule has 1 amide bonds. The van der Waals surface area contributed by atoms with Crippen LogP contribution in [0, 0.1) is 0 Å². The van der Waals surface area contributed by atoms with Crippen LogP contribution in [0.3, 0.4) is 0 Å². The average molecular weight is 968 g/mol. The molecule has 68 heavy (non-hydrogen) atoms. The number of unbranched alkanes of at least 4 members (excludes halogenated alkanes) is 22. The number of nitrogens with one attached hydrogen (secondary N) is 1. The molecule has 0 aromatic carbocycles. The lowest BCUT2D eigenvalue weighted by Crippen LogP contribution is -2.65. The van der Waals surface area contributed by atoms with E-state index in [0.717, 1.165) is 64.2 Å². The number of carbonyl (C=O) groups excluding carboxylic acids is 1. The van der Waals surface area contributed by atoms with E-state index in [0.29, 0.717) is 12.8 Å². The molecule has 0 aliphatic carbocycles. The second-order valence-electron chi connectivity index (χ2n) is 19.0. The molecule has 2 aliphatic heterocycles. The van der Waals surface area contributed by atoms with Gasteiger partial charge in [-0.1, -0.05) is 178 Å². The number of allylic oxidation sites excluding steroid dienone is 7. The Hall–Kier alpha value is -2.05. The number of aliphatic hydroxyl groups excluding tert-OH is 8. The Morgan fingerprint density at radius 2 is 1.01 bits per heavy atom. The van der Waals surface area contributed by atoms with Crippen molar-refractivity contribution in [1.82, 2.24) is 5.32 Å². The highest BCUT2D eigenvalue weighted by atomic mass is 16.7. The van der Waals surface area contributed by atoms with E-state index in [1.165, 1.54) is 96.3 Å². The lowest BCUT2D eigenvalue weighted by molar-refractivity contribution is -0.359. The predicted octanol–water partition coefficient (Wildman–Crippen LogP) is 7.66. The van der Waals surface area contributed by atoms with E-state index >= 15 is 0 Å². The van der Waals surface area contributed by atoms with E-state index in [9.17, 15) is 45.6 Å². The summed E-state index contributed by atoms with van der Waals surface area (Å²) in [5.41, 5.74) is 0. The van der Waals surface area contributed by atoms with Crippen molar-refractivity contribution in [3.63, 3.8) is 0 Å². The van der Waals surface area contributed by atoms with E-state index in [1.54, 1.807) is 6.08 Å². The van der Waals surface area contributed by atoms with Gasteiger partial charge in [0.15, 0.2) is 12.6 Å². The number of carbonyl (C=O) groups is 1. The quantitative estimate of drug-likeness (QED) is 0.0212. The maximum absolute atomic E-state index is 13.2. The molecule has 14 nitrogen and oxygen atoms in total. The molecule has 396 valence electrons. The molecule has 0 aromatic heterocycles. The first-order chi connectivity index (χ1) is 33.1. The molecule has 2 aliphatic rings. The molecular formula is C54H97NO13. The summed E-state index contributed by atoms with van der Waals surface area (Å²) in [4.78, 5) is 13.2. The Bertz CT molecular complexity index is 1330. The second-order valence-corrected chi connectivity index (χ2v) is 19.0. The third-order valence-corrected chi connectivity index (χ3v) is 13.0. The van der Waals surface area contributed by atoms with Crippen molar-refractivity contribution in [2.75, 3.05) is 19.8 Å². The minimum Gasteiger partial charge on any atom is -0.394 e. The van der Waals surface area contributed by atoms with E-state index in [-0.39, 0.29) is 18.9 Å². The smallest absolute Gasteiger partial charge is 0.220 e. The van der Waals surface area contributed by atoms with Crippen LogP contribution in [0.4, 0.5) is 0 Å². The number of ether oxygens (including phenoxy) is 4. The topological polar surface area (TPSA) is 228 Å². The van der Waals surface area contributed by atoms with Gasteiger partial charge in [0.1, 0.15) is 48.8 Å². The summed E-state index contributed by atoms with van der Waals surface area (Å²) in [5, 5.41) is 86.8. The molecular weight excluding hydrogens is 871 g/mol. The van der Waals surface area contributed by atoms with Crippen LogP contribution in [0.2, 0.25) is 0 Å². The normalized spacial score (nSPS) is 26.7. The number of rotatable bonds is 41. The number of amides is 1. The summed E-state index contributed by atoms with van der Waals surface area (Å²) in [6.45, 7) is 2.69. The van der Waals surface area contributed by atoms with Crippen LogP contribution in [0.5, 0.6) is 0 Å². The summed E-state index contributed by atoms with van der Waals surface area (Å²) in [6.07, 6.45) is 31.6. The summed E-state index contributed by atoms with van der Waals surface area (Å²) < 4.78 is 22.7. The zero-order chi connectivity index (χ0) is 49.6. The fourth-order valence-electron chi connectivity index (χ4n) is 8.58. The highest BCUT2D eigenvalue weighted by Crippen LogP contribution is 2.30. The Morgan fingerprint density at radius 1 is 0.529 bits per heavy atom. The fraction of sp³-hybridized carbons (Fsp3) is 0.833. The van der Waals surface area contributed by atoms with Gasteiger partial charge in [-0.15, -0.1) is 0 Å². The molecule has 2 rings (SSSR count). The van der Waals surface area contributed by atoms with E-state index in [2.05, 4.69) is 55.6 Å². The predicted molar refractivity (Wildman–Crippen MR) is 267 cm³/mol. The van der Waals surface area contributed by atoms with Gasteiger partial charge in [0, 0.05) is 6.42 Å². The van der Waals surface area contributed by atoms with Crippen molar-refractivity contribution in [2.45, 2.75) is 267 Å². The van der Waals surface area contributed by atoms with Crippen LogP contribution in [-0.4, -0.2) is 140 Å². The largest absolute Gasteiger partial charge is 0.394 e. The zero-order valence-corrected chi connectivity index (χ0v) is 42.1. The number of hydrogen-bond acceptors (Lipinski definition) is 13. The Balaban J connectivity index is 1.83. The van der Waals surface area contributed by atoms with Crippen LogP contribution in [-0.2, 0) is 23.7 Å². The molecule has 2 heterocycles. The molecule has 12 atom stereocenters. The van der Waals surface area contributed by atoms with Crippen molar-refractivity contribution in [2.24, 2.45) is 0 Å². The summed E-state index contributed by atoms with van der Waals surface area (Å²) in [5.74, 6) is -0.266. The van der Waals surface area contributed by atoms with Crippen LogP contribution < -0.4 is 5.32 Å². The summed E-state index contributed by atoms with van der Waals surface area (Å²) >= 11 is 0. The van der Waals surface area contributed by atoms with E-state index < -0.39 is 86.8 Å². The number of aliphatic hydroxyl groups is 8. The number of hydrogen-bond donors (Lipinski definition) is 9. The summed E-state index contributed by atoms with van der Waals surface area (Å²) in [6, 6.07) is -0.938. The molecule has 2 fully saturated rings. The first-order valence-electron chi connectivity index (χ1n) is 26.9. The molecule has 0 saturated carbocycles. The third-order valence-electron chi connectivity index (χ3n) is 13.0. The van der Waals surface area contributed by atoms with Gasteiger partial charge in [-0.3, -0.25) is 4.79 Å². The van der Waals surface area contributed by atoms with Crippen LogP contribution in [0.15, 0.2) is 48.6 Å². The van der Waals surface area contributed by atoms with Crippen molar-refractivity contribution >= 4 is 5.91 Å². The van der Waals surface area contributed by atoms with Crippen molar-refractivity contribution in [3.05, 3.63) is 48.6 Å². The van der Waals surface area contributed by atoms with E-state index in [4.69, 9.17) is 18.9 Å². The first-order valence-corrected chi connectivity index (χ1v) is 26.9. The third kappa shape index (κ3) is 27.0. The molecule has 0 bridgehead atoms. The van der Waals surface area contributed by atoms with Gasteiger partial charge in [0.25, 0.3) is 0 Å². The van der Waals surface area contributed by atoms with Crippen molar-refractivity contribution in [1.29, 1.82) is 0 Å². The van der Waals surface area contributed by atoms with Crippen molar-refractivity contribution < 1.29 is 64.6 Å². The minimum absolute atomic E-state index is 0.256. The van der Waals surface area contributed by atoms with Gasteiger partial charge >= 0.3 is 0 Å². The molecule has 9 N–H and O–H groups in total. The van der Waals surface area contributed by atoms with Gasteiger partial charge in [-0.25, -0.2) is 0 Å². The van der Waals surface area contributed by atoms with Crippen LogP contribution >= 0.6 is 0 Å². The maximum atomic E-state index is 13.2. The van der Waals surface area contributed by atoms with Gasteiger partial charge in [-0.2, -0.15) is 0 Å².